The van der Waals surface area contributed by atoms with Gasteiger partial charge in [-0.25, -0.2) is 13.2 Å². The fourth-order valence-corrected chi connectivity index (χ4v) is 4.26. The van der Waals surface area contributed by atoms with Crippen molar-refractivity contribution in [2.45, 2.75) is 39.2 Å². The van der Waals surface area contributed by atoms with E-state index in [0.29, 0.717) is 18.0 Å². The molecule has 9 heteroatoms. The van der Waals surface area contributed by atoms with E-state index in [-0.39, 0.29) is 24.3 Å². The molecule has 6 nitrogen and oxygen atoms in total. The second-order valence-electron chi connectivity index (χ2n) is 8.96. The van der Waals surface area contributed by atoms with Crippen LogP contribution in [0.15, 0.2) is 30.3 Å². The topological polar surface area (TPSA) is 73.8 Å². The van der Waals surface area contributed by atoms with Gasteiger partial charge in [0.1, 0.15) is 11.4 Å². The minimum Gasteiger partial charge on any atom is -0.385 e. The average Bonchev–Trinajstić information content (AvgIpc) is 2.83. The van der Waals surface area contributed by atoms with E-state index in [2.05, 4.69) is 10.6 Å². The van der Waals surface area contributed by atoms with E-state index in [1.165, 1.54) is 17.0 Å². The number of aliphatic hydroxyl groups is 1. The Morgan fingerprint density at radius 1 is 1.11 bits per heavy atom. The molecule has 2 aliphatic rings. The highest BCUT2D eigenvalue weighted by Crippen LogP contribution is 2.31. The summed E-state index contributed by atoms with van der Waals surface area (Å²) in [7, 11) is 0. The number of amides is 1. The van der Waals surface area contributed by atoms with Gasteiger partial charge in [0.15, 0.2) is 11.6 Å². The minimum atomic E-state index is -1.27. The fourth-order valence-electron chi connectivity index (χ4n) is 4.26. The Morgan fingerprint density at radius 3 is 2.46 bits per heavy atom. The summed E-state index contributed by atoms with van der Waals surface area (Å²) in [5.41, 5.74) is -1.06. The molecule has 2 fully saturated rings. The van der Waals surface area contributed by atoms with E-state index in [4.69, 9.17) is 4.74 Å². The Balaban J connectivity index is 0.00000167. The zero-order valence-corrected chi connectivity index (χ0v) is 20.5. The third-order valence-electron chi connectivity index (χ3n) is 6.20. The number of halogens is 3. The van der Waals surface area contributed by atoms with Crippen LogP contribution < -0.4 is 10.6 Å². The van der Waals surface area contributed by atoms with Crippen molar-refractivity contribution in [1.29, 1.82) is 0 Å². The highest BCUT2D eigenvalue weighted by molar-refractivity contribution is 6.01. The first-order valence-corrected chi connectivity index (χ1v) is 12.1. The fraction of sp³-hybridized carbons (Fsp3) is 0.500. The second-order valence-corrected chi connectivity index (χ2v) is 8.96. The van der Waals surface area contributed by atoms with Crippen molar-refractivity contribution in [1.82, 2.24) is 10.2 Å². The first-order chi connectivity index (χ1) is 16.8. The summed E-state index contributed by atoms with van der Waals surface area (Å²) < 4.78 is 48.1. The molecule has 35 heavy (non-hydrogen) atoms. The summed E-state index contributed by atoms with van der Waals surface area (Å²) in [6, 6.07) is 6.29. The quantitative estimate of drug-likeness (QED) is 0.534. The summed E-state index contributed by atoms with van der Waals surface area (Å²) >= 11 is 0. The zero-order valence-electron chi connectivity index (χ0n) is 20.5. The van der Waals surface area contributed by atoms with Crippen LogP contribution in [0.25, 0.3) is 0 Å². The summed E-state index contributed by atoms with van der Waals surface area (Å²) in [4.78, 5) is 14.4. The lowest BCUT2D eigenvalue weighted by atomic mass is 9.92. The molecule has 2 aromatic carbocycles. The van der Waals surface area contributed by atoms with Gasteiger partial charge >= 0.3 is 0 Å². The molecule has 1 amide bonds. The Hall–Kier alpha value is -2.62. The number of rotatable bonds is 7. The third-order valence-corrected chi connectivity index (χ3v) is 6.20. The number of ether oxygens (including phenoxy) is 1. The zero-order chi connectivity index (χ0) is 25.6. The normalized spacial score (nSPS) is 17.3. The van der Waals surface area contributed by atoms with Crippen molar-refractivity contribution in [3.8, 4) is 0 Å². The number of hydrogen-bond donors (Lipinski definition) is 3. The molecule has 2 aromatic rings. The van der Waals surface area contributed by atoms with Crippen molar-refractivity contribution in [2.24, 2.45) is 5.92 Å². The molecule has 2 heterocycles. The van der Waals surface area contributed by atoms with Crippen molar-refractivity contribution in [2.75, 3.05) is 44.7 Å². The highest BCUT2D eigenvalue weighted by Gasteiger charge is 2.44. The molecular weight excluding hydrogens is 459 g/mol. The number of benzene rings is 2. The lowest BCUT2D eigenvalue weighted by Crippen LogP contribution is -2.67. The van der Waals surface area contributed by atoms with Crippen LogP contribution >= 0.6 is 0 Å². The first-order valence-electron chi connectivity index (χ1n) is 12.1. The standard InChI is InChI=1S/C24H28F3N3O3.C2H6/c1-15-2-5-20(19(26)10-15)29-22-17(3-4-18(25)21(22)27)23(31)30-13-24(32,14-30)12-28-11-16-6-8-33-9-7-16;1-2/h2-5,10,16,28-29,32H,6-9,11-14H2,1H3;1-2H3. The summed E-state index contributed by atoms with van der Waals surface area (Å²) in [5, 5.41) is 16.5. The van der Waals surface area contributed by atoms with Crippen molar-refractivity contribution in [3.63, 3.8) is 0 Å². The van der Waals surface area contributed by atoms with E-state index < -0.39 is 34.6 Å². The van der Waals surface area contributed by atoms with Gasteiger partial charge in [-0.05, 0) is 62.1 Å². The highest BCUT2D eigenvalue weighted by atomic mass is 19.2. The molecule has 0 aromatic heterocycles. The van der Waals surface area contributed by atoms with Crippen LogP contribution in [0, 0.1) is 30.3 Å². The largest absolute Gasteiger partial charge is 0.385 e. The lowest BCUT2D eigenvalue weighted by Gasteiger charge is -2.47. The lowest BCUT2D eigenvalue weighted by molar-refractivity contribution is -0.0792. The third kappa shape index (κ3) is 6.54. The molecule has 0 saturated carbocycles. The Labute approximate surface area is 204 Å². The number of carbonyl (C=O) groups excluding carboxylic acids is 1. The molecule has 192 valence electrons. The van der Waals surface area contributed by atoms with Crippen LogP contribution in [0.1, 0.15) is 42.6 Å². The van der Waals surface area contributed by atoms with Gasteiger partial charge in [0, 0.05) is 19.8 Å². The van der Waals surface area contributed by atoms with Crippen LogP contribution in [0.2, 0.25) is 0 Å². The number of hydrogen-bond acceptors (Lipinski definition) is 5. The van der Waals surface area contributed by atoms with Gasteiger partial charge in [0.05, 0.1) is 30.0 Å². The molecule has 0 atom stereocenters. The molecule has 0 bridgehead atoms. The van der Waals surface area contributed by atoms with Crippen LogP contribution in [0.3, 0.4) is 0 Å². The molecule has 3 N–H and O–H groups in total. The van der Waals surface area contributed by atoms with Gasteiger partial charge in [-0.15, -0.1) is 0 Å². The van der Waals surface area contributed by atoms with Crippen LogP contribution in [-0.2, 0) is 4.74 Å². The predicted octanol–water partition coefficient (Wildman–Crippen LogP) is 4.39. The SMILES string of the molecule is CC.Cc1ccc(Nc2c(C(=O)N3CC(O)(CNCC4CCOCC4)C3)ccc(F)c2F)c(F)c1. The van der Waals surface area contributed by atoms with E-state index in [1.807, 2.05) is 13.8 Å². The van der Waals surface area contributed by atoms with E-state index in [1.54, 1.807) is 13.0 Å². The van der Waals surface area contributed by atoms with Crippen LogP contribution in [0.5, 0.6) is 0 Å². The maximum absolute atomic E-state index is 14.6. The van der Waals surface area contributed by atoms with E-state index in [0.717, 1.165) is 44.7 Å². The second kappa shape index (κ2) is 11.9. The van der Waals surface area contributed by atoms with Crippen molar-refractivity contribution >= 4 is 17.3 Å². The maximum atomic E-state index is 14.6. The molecule has 2 saturated heterocycles. The number of aryl methyl sites for hydroxylation is 1. The van der Waals surface area contributed by atoms with E-state index >= 15 is 0 Å². The predicted molar refractivity (Wildman–Crippen MR) is 129 cm³/mol. The summed E-state index contributed by atoms with van der Waals surface area (Å²) in [5.74, 6) is -3.14. The first kappa shape index (κ1) is 27.0. The number of β-amino-alcohol motifs (C(OH)–C–C–N with tert-alkyl or cyclic N) is 1. The van der Waals surface area contributed by atoms with Gasteiger partial charge in [0.2, 0.25) is 0 Å². The molecule has 0 radical (unpaired) electrons. The average molecular weight is 494 g/mol. The number of carbonyl (C=O) groups is 1. The molecule has 0 unspecified atom stereocenters. The summed E-state index contributed by atoms with van der Waals surface area (Å²) in [6.07, 6.45) is 1.95. The number of anilines is 2. The van der Waals surface area contributed by atoms with Crippen molar-refractivity contribution in [3.05, 3.63) is 58.9 Å². The van der Waals surface area contributed by atoms with Gasteiger partial charge < -0.3 is 25.4 Å². The number of likely N-dealkylation sites (tertiary alicyclic amines) is 1. The molecular formula is C26H34F3N3O3. The monoisotopic (exact) mass is 493 g/mol. The smallest absolute Gasteiger partial charge is 0.256 e. The minimum absolute atomic E-state index is 0.0595. The van der Waals surface area contributed by atoms with Gasteiger partial charge in [-0.3, -0.25) is 4.79 Å². The van der Waals surface area contributed by atoms with Crippen LogP contribution in [-0.4, -0.2) is 60.9 Å². The molecule has 0 spiro atoms. The Bertz CT molecular complexity index is 1020. The van der Waals surface area contributed by atoms with Crippen molar-refractivity contribution < 1.29 is 27.8 Å². The van der Waals surface area contributed by atoms with Gasteiger partial charge in [-0.2, -0.15) is 0 Å². The van der Waals surface area contributed by atoms with E-state index in [9.17, 15) is 23.1 Å². The van der Waals surface area contributed by atoms with Gasteiger partial charge in [0.25, 0.3) is 5.91 Å². The molecule has 4 rings (SSSR count). The van der Waals surface area contributed by atoms with Crippen LogP contribution in [0.4, 0.5) is 24.5 Å². The Kier molecular flexibility index (Phi) is 9.15. The molecule has 0 aliphatic carbocycles. The Morgan fingerprint density at radius 2 is 1.80 bits per heavy atom. The van der Waals surface area contributed by atoms with Gasteiger partial charge in [-0.1, -0.05) is 19.9 Å². The molecule has 2 aliphatic heterocycles. The number of nitrogens with one attached hydrogen (secondary N) is 2. The summed E-state index contributed by atoms with van der Waals surface area (Å²) in [6.45, 7) is 8.40. The number of nitrogens with zero attached hydrogens (tertiary/aromatic N) is 1. The maximum Gasteiger partial charge on any atom is 0.256 e.